The number of nitrogens with zero attached hydrogens (tertiary/aromatic N) is 2. The number of thioether (sulfide) groups is 1. The largest absolute Gasteiger partial charge is 0.336 e. The molecule has 1 aliphatic heterocycles. The van der Waals surface area contributed by atoms with Crippen molar-refractivity contribution >= 4 is 44.4 Å². The van der Waals surface area contributed by atoms with Crippen LogP contribution in [-0.2, 0) is 21.2 Å². The third-order valence-electron chi connectivity index (χ3n) is 5.57. The zero-order valence-corrected chi connectivity index (χ0v) is 18.9. The highest BCUT2D eigenvalue weighted by Gasteiger charge is 2.32. The average molecular weight is 465 g/mol. The highest BCUT2D eigenvalue weighted by molar-refractivity contribution is 8.00. The Morgan fingerprint density at radius 2 is 1.69 bits per heavy atom. The average Bonchev–Trinajstić information content (AvgIpc) is 3.22. The molecule has 0 radical (unpaired) electrons. The smallest absolute Gasteiger partial charge is 0.311 e. The van der Waals surface area contributed by atoms with Crippen molar-refractivity contribution in [3.8, 4) is 0 Å². The van der Waals surface area contributed by atoms with E-state index in [2.05, 4.69) is 11.1 Å². The molecule has 0 saturated carbocycles. The molecule has 1 aliphatic rings. The topological polar surface area (TPSA) is 74.1 Å². The van der Waals surface area contributed by atoms with Crippen molar-refractivity contribution in [1.82, 2.24) is 4.98 Å². The number of carbonyl (C=O) groups excluding carboxylic acids is 1. The van der Waals surface area contributed by atoms with Crippen molar-refractivity contribution in [1.29, 1.82) is 0 Å². The van der Waals surface area contributed by atoms with Crippen molar-refractivity contribution in [3.63, 3.8) is 0 Å². The van der Waals surface area contributed by atoms with Gasteiger partial charge in [-0.2, -0.15) is 8.42 Å². The minimum atomic E-state index is -3.83. The maximum Gasteiger partial charge on any atom is 0.336 e. The summed E-state index contributed by atoms with van der Waals surface area (Å²) in [5.74, 6) is 0.0929. The maximum absolute atomic E-state index is 13.5. The molecule has 0 unspecified atom stereocenters. The van der Waals surface area contributed by atoms with E-state index in [0.717, 1.165) is 18.5 Å². The lowest BCUT2D eigenvalue weighted by Crippen LogP contribution is -2.44. The van der Waals surface area contributed by atoms with Crippen LogP contribution in [-0.4, -0.2) is 31.6 Å². The Hall–Kier alpha value is -3.10. The SMILES string of the molecule is O=C(CSc1[nH]c2ccccc2[n+]1S(=O)(=O)c1ccccc1)N1CCCc2ccccc21. The fourth-order valence-corrected chi connectivity index (χ4v) is 6.72. The summed E-state index contributed by atoms with van der Waals surface area (Å²) in [4.78, 5) is 18.3. The molecular formula is C24H22N3O3S2+. The first-order valence-corrected chi connectivity index (χ1v) is 12.8. The normalized spacial score (nSPS) is 13.8. The summed E-state index contributed by atoms with van der Waals surface area (Å²) in [6.45, 7) is 0.672. The molecule has 0 atom stereocenters. The molecule has 8 heteroatoms. The van der Waals surface area contributed by atoms with Crippen LogP contribution in [0, 0.1) is 0 Å². The number of aromatic amines is 1. The molecule has 5 rings (SSSR count). The first-order valence-electron chi connectivity index (χ1n) is 10.4. The molecule has 2 heterocycles. The van der Waals surface area contributed by atoms with Gasteiger partial charge in [0.25, 0.3) is 0 Å². The Morgan fingerprint density at radius 3 is 2.53 bits per heavy atom. The number of aryl methyl sites for hydroxylation is 1. The van der Waals surface area contributed by atoms with Gasteiger partial charge in [0.1, 0.15) is 4.90 Å². The van der Waals surface area contributed by atoms with Crippen LogP contribution in [0.2, 0.25) is 0 Å². The van der Waals surface area contributed by atoms with Crippen LogP contribution >= 0.6 is 11.8 Å². The number of rotatable bonds is 5. The molecule has 1 aromatic heterocycles. The number of aromatic nitrogens is 2. The summed E-state index contributed by atoms with van der Waals surface area (Å²) in [5.41, 5.74) is 3.37. The van der Waals surface area contributed by atoms with Crippen molar-refractivity contribution in [2.45, 2.75) is 22.9 Å². The summed E-state index contributed by atoms with van der Waals surface area (Å²) in [6, 6.07) is 23.5. The van der Waals surface area contributed by atoms with Crippen molar-refractivity contribution in [2.75, 3.05) is 17.2 Å². The third kappa shape index (κ3) is 3.69. The van der Waals surface area contributed by atoms with Gasteiger partial charge in [0.15, 0.2) is 11.0 Å². The predicted octanol–water partition coefficient (Wildman–Crippen LogP) is 3.76. The monoisotopic (exact) mass is 464 g/mol. The van der Waals surface area contributed by atoms with Gasteiger partial charge in [-0.1, -0.05) is 48.5 Å². The first kappa shape index (κ1) is 20.8. The summed E-state index contributed by atoms with van der Waals surface area (Å²) in [6.07, 6.45) is 1.88. The molecule has 0 saturated heterocycles. The van der Waals surface area contributed by atoms with Crippen LogP contribution in [0.5, 0.6) is 0 Å². The van der Waals surface area contributed by atoms with Crippen LogP contribution in [0.3, 0.4) is 0 Å². The van der Waals surface area contributed by atoms with Gasteiger partial charge in [-0.25, -0.2) is 4.98 Å². The maximum atomic E-state index is 13.5. The van der Waals surface area contributed by atoms with Gasteiger partial charge in [-0.3, -0.25) is 4.79 Å². The summed E-state index contributed by atoms with van der Waals surface area (Å²) >= 11 is 1.21. The molecule has 0 spiro atoms. The molecule has 162 valence electrons. The van der Waals surface area contributed by atoms with Crippen LogP contribution in [0.4, 0.5) is 5.69 Å². The van der Waals surface area contributed by atoms with Crippen LogP contribution in [0.15, 0.2) is 88.9 Å². The summed E-state index contributed by atoms with van der Waals surface area (Å²) in [5, 5.41) is 0.411. The standard InChI is InChI=1S/C24H21N3O3S2/c28-23(26-16-8-10-18-9-4-6-14-21(18)26)17-31-24-25-20-13-5-7-15-22(20)27(24)32(29,30)19-11-2-1-3-12-19/h1-7,9,11-15H,8,10,16-17H2/p+1. The van der Waals surface area contributed by atoms with Gasteiger partial charge < -0.3 is 4.90 Å². The number of nitrogens with one attached hydrogen (secondary N) is 1. The van der Waals surface area contributed by atoms with Crippen LogP contribution in [0.1, 0.15) is 12.0 Å². The molecule has 32 heavy (non-hydrogen) atoms. The minimum Gasteiger partial charge on any atom is -0.311 e. The van der Waals surface area contributed by atoms with E-state index in [1.807, 2.05) is 35.2 Å². The number of amides is 1. The number of fused-ring (bicyclic) bond motifs is 2. The molecule has 0 fully saturated rings. The molecule has 0 aliphatic carbocycles. The summed E-state index contributed by atoms with van der Waals surface area (Å²) < 4.78 is 28.3. The van der Waals surface area contributed by atoms with Gasteiger partial charge in [0.2, 0.25) is 5.91 Å². The number of para-hydroxylation sites is 3. The number of hydrogen-bond donors (Lipinski definition) is 1. The number of carbonyl (C=O) groups is 1. The Labute approximate surface area is 190 Å². The Kier molecular flexibility index (Phi) is 5.48. The van der Waals surface area contributed by atoms with Gasteiger partial charge in [0, 0.05) is 12.2 Å². The molecule has 6 nitrogen and oxygen atoms in total. The summed E-state index contributed by atoms with van der Waals surface area (Å²) in [7, 11) is -3.83. The Balaban J connectivity index is 1.48. The van der Waals surface area contributed by atoms with E-state index in [9.17, 15) is 13.2 Å². The second kappa shape index (κ2) is 8.44. The fourth-order valence-electron chi connectivity index (χ4n) is 4.06. The highest BCUT2D eigenvalue weighted by atomic mass is 32.2. The number of H-pyrrole nitrogens is 1. The van der Waals surface area contributed by atoms with E-state index < -0.39 is 10.0 Å². The lowest BCUT2D eigenvalue weighted by molar-refractivity contribution is -0.526. The number of benzene rings is 3. The zero-order chi connectivity index (χ0) is 22.1. The van der Waals surface area contributed by atoms with E-state index in [0.29, 0.717) is 22.7 Å². The zero-order valence-electron chi connectivity index (χ0n) is 17.3. The van der Waals surface area contributed by atoms with Gasteiger partial charge in [-0.05, 0) is 60.5 Å². The van der Waals surface area contributed by atoms with Gasteiger partial charge in [0.05, 0.1) is 5.75 Å². The number of anilines is 1. The number of imidazole rings is 1. The van der Waals surface area contributed by atoms with Crippen LogP contribution in [0.25, 0.3) is 11.0 Å². The molecule has 0 bridgehead atoms. The molecule has 4 aromatic rings. The van der Waals surface area contributed by atoms with Crippen molar-refractivity contribution < 1.29 is 17.2 Å². The second-order valence-corrected chi connectivity index (χ2v) is 10.3. The molecule has 1 N–H and O–H groups in total. The Bertz CT molecular complexity index is 1400. The minimum absolute atomic E-state index is 0.0375. The van der Waals surface area contributed by atoms with E-state index >= 15 is 0 Å². The van der Waals surface area contributed by atoms with E-state index in [4.69, 9.17) is 0 Å². The van der Waals surface area contributed by atoms with Crippen molar-refractivity contribution in [2.24, 2.45) is 0 Å². The Morgan fingerprint density at radius 1 is 0.969 bits per heavy atom. The fraction of sp³-hybridized carbons (Fsp3) is 0.167. The quantitative estimate of drug-likeness (QED) is 0.361. The molecule has 1 amide bonds. The van der Waals surface area contributed by atoms with Crippen LogP contribution < -0.4 is 8.87 Å². The van der Waals surface area contributed by atoms with Gasteiger partial charge in [-0.15, -0.1) is 3.97 Å². The lowest BCUT2D eigenvalue weighted by Gasteiger charge is -2.29. The first-order chi connectivity index (χ1) is 15.6. The van der Waals surface area contributed by atoms with Gasteiger partial charge >= 0.3 is 15.2 Å². The van der Waals surface area contributed by atoms with E-state index in [-0.39, 0.29) is 16.6 Å². The number of hydrogen-bond acceptors (Lipinski definition) is 4. The van der Waals surface area contributed by atoms with E-state index in [1.54, 1.807) is 42.5 Å². The lowest BCUT2D eigenvalue weighted by atomic mass is 10.0. The highest BCUT2D eigenvalue weighted by Crippen LogP contribution is 2.28. The molecular weight excluding hydrogens is 442 g/mol. The third-order valence-corrected chi connectivity index (χ3v) is 8.37. The predicted molar refractivity (Wildman–Crippen MR) is 125 cm³/mol. The molecule has 3 aromatic carbocycles. The second-order valence-electron chi connectivity index (χ2n) is 7.60. The van der Waals surface area contributed by atoms with Crippen molar-refractivity contribution in [3.05, 3.63) is 84.4 Å². The van der Waals surface area contributed by atoms with E-state index in [1.165, 1.54) is 21.3 Å².